The Morgan fingerprint density at radius 3 is 2.65 bits per heavy atom. The van der Waals surface area contributed by atoms with Gasteiger partial charge in [-0.15, -0.1) is 0 Å². The summed E-state index contributed by atoms with van der Waals surface area (Å²) in [6.07, 6.45) is -3.87. The molecule has 0 saturated heterocycles. The molecule has 7 heteroatoms. The van der Waals surface area contributed by atoms with E-state index in [4.69, 9.17) is 11.6 Å². The molecule has 0 N–H and O–H groups in total. The fraction of sp³-hybridized carbons (Fsp3) is 0.300. The lowest BCUT2D eigenvalue weighted by atomic mass is 10.1. The van der Waals surface area contributed by atoms with E-state index < -0.39 is 24.6 Å². The van der Waals surface area contributed by atoms with Crippen LogP contribution in [0.5, 0.6) is 0 Å². The van der Waals surface area contributed by atoms with Gasteiger partial charge in [-0.25, -0.2) is 4.39 Å². The molecule has 0 aliphatic heterocycles. The van der Waals surface area contributed by atoms with Crippen molar-refractivity contribution in [3.05, 3.63) is 33.8 Å². The van der Waals surface area contributed by atoms with E-state index in [9.17, 15) is 18.0 Å². The highest BCUT2D eigenvalue weighted by Crippen LogP contribution is 2.23. The second kappa shape index (κ2) is 5.84. The first kappa shape index (κ1) is 14.5. The minimum Gasteiger partial charge on any atom is -0.314 e. The summed E-state index contributed by atoms with van der Waals surface area (Å²) >= 11 is 8.38. The smallest absolute Gasteiger partial charge is 0.314 e. The Morgan fingerprint density at radius 1 is 1.47 bits per heavy atom. The molecule has 0 saturated carbocycles. The van der Waals surface area contributed by atoms with Crippen molar-refractivity contribution in [1.29, 1.82) is 0 Å². The van der Waals surface area contributed by atoms with Crippen LogP contribution in [0.4, 0.5) is 13.2 Å². The number of benzene rings is 1. The summed E-state index contributed by atoms with van der Waals surface area (Å²) in [4.78, 5) is 11.0. The molecule has 1 aromatic carbocycles. The number of rotatable bonds is 5. The fourth-order valence-electron chi connectivity index (χ4n) is 1.10. The van der Waals surface area contributed by atoms with Crippen molar-refractivity contribution in [2.75, 3.05) is 6.67 Å². The van der Waals surface area contributed by atoms with Gasteiger partial charge in [0.1, 0.15) is 0 Å². The first-order valence-electron chi connectivity index (χ1n) is 4.42. The normalized spacial score (nSPS) is 11.6. The molecule has 94 valence electrons. The molecule has 0 heterocycles. The predicted molar refractivity (Wildman–Crippen MR) is 60.0 cm³/mol. The van der Waals surface area contributed by atoms with Crippen molar-refractivity contribution in [2.24, 2.45) is 0 Å². The van der Waals surface area contributed by atoms with Gasteiger partial charge in [-0.3, -0.25) is 4.79 Å². The number of alkyl halides is 3. The molecular formula is C10H7BrClF3O2. The van der Waals surface area contributed by atoms with Gasteiger partial charge in [0.25, 0.3) is 5.24 Å². The van der Waals surface area contributed by atoms with E-state index in [-0.39, 0.29) is 11.1 Å². The van der Waals surface area contributed by atoms with Crippen LogP contribution in [0.3, 0.4) is 0 Å². The van der Waals surface area contributed by atoms with Gasteiger partial charge < -0.3 is 4.74 Å². The third-order valence-corrected chi connectivity index (χ3v) is 2.57. The van der Waals surface area contributed by atoms with Crippen LogP contribution in [0.15, 0.2) is 22.7 Å². The minimum absolute atomic E-state index is 0.0459. The van der Waals surface area contributed by atoms with Crippen LogP contribution in [0, 0.1) is 0 Å². The van der Waals surface area contributed by atoms with E-state index in [1.165, 1.54) is 18.2 Å². The van der Waals surface area contributed by atoms with Crippen molar-refractivity contribution >= 4 is 32.8 Å². The average molecular weight is 332 g/mol. The van der Waals surface area contributed by atoms with Gasteiger partial charge in [-0.1, -0.05) is 15.9 Å². The summed E-state index contributed by atoms with van der Waals surface area (Å²) in [6, 6.07) is 4.31. The zero-order valence-electron chi connectivity index (χ0n) is 8.35. The number of carbonyl (C=O) groups excluding carboxylic acids is 1. The fourth-order valence-corrected chi connectivity index (χ4v) is 1.69. The maximum atomic E-state index is 12.5. The van der Waals surface area contributed by atoms with Crippen LogP contribution in [0.1, 0.15) is 15.9 Å². The van der Waals surface area contributed by atoms with Crippen LogP contribution in [-0.4, -0.2) is 18.0 Å². The van der Waals surface area contributed by atoms with E-state index in [0.717, 1.165) is 0 Å². The molecule has 0 bridgehead atoms. The summed E-state index contributed by atoms with van der Waals surface area (Å²) in [5, 5.41) is -0.792. The summed E-state index contributed by atoms with van der Waals surface area (Å²) in [7, 11) is 0. The zero-order valence-corrected chi connectivity index (χ0v) is 10.7. The van der Waals surface area contributed by atoms with Crippen molar-refractivity contribution in [3.8, 4) is 0 Å². The Morgan fingerprint density at radius 2 is 2.12 bits per heavy atom. The van der Waals surface area contributed by atoms with Gasteiger partial charge in [0.2, 0.25) is 0 Å². The van der Waals surface area contributed by atoms with Gasteiger partial charge >= 0.3 is 6.11 Å². The van der Waals surface area contributed by atoms with E-state index in [0.29, 0.717) is 4.47 Å². The SMILES string of the molecule is O=C(Cl)c1ccc(Br)cc1COC(F)(F)CF. The minimum atomic E-state index is -3.87. The Bertz CT molecular complexity index is 426. The lowest BCUT2D eigenvalue weighted by Gasteiger charge is -2.14. The van der Waals surface area contributed by atoms with Crippen LogP contribution in [0.25, 0.3) is 0 Å². The molecule has 0 aliphatic rings. The highest BCUT2D eigenvalue weighted by Gasteiger charge is 2.30. The maximum Gasteiger partial charge on any atom is 0.384 e. The first-order valence-corrected chi connectivity index (χ1v) is 5.59. The maximum absolute atomic E-state index is 12.5. The number of carbonyl (C=O) groups is 1. The second-order valence-corrected chi connectivity index (χ2v) is 4.39. The van der Waals surface area contributed by atoms with Gasteiger partial charge in [-0.2, -0.15) is 8.78 Å². The lowest BCUT2D eigenvalue weighted by molar-refractivity contribution is -0.252. The third-order valence-electron chi connectivity index (χ3n) is 1.87. The molecule has 2 nitrogen and oxygen atoms in total. The molecule has 0 aliphatic carbocycles. The standard InChI is InChI=1S/C10H7BrClF3O2/c11-7-1-2-8(9(12)16)6(3-7)4-17-10(14,15)5-13/h1-3H,4-5H2. The van der Waals surface area contributed by atoms with E-state index >= 15 is 0 Å². The highest BCUT2D eigenvalue weighted by molar-refractivity contribution is 9.10. The third kappa shape index (κ3) is 4.29. The van der Waals surface area contributed by atoms with Gasteiger partial charge in [-0.05, 0) is 35.4 Å². The molecule has 0 amide bonds. The van der Waals surface area contributed by atoms with E-state index in [2.05, 4.69) is 20.7 Å². The summed E-state index contributed by atoms with van der Waals surface area (Å²) < 4.78 is 41.6. The monoisotopic (exact) mass is 330 g/mol. The predicted octanol–water partition coefficient (Wildman–Crippen LogP) is 3.91. The Kier molecular flexibility index (Phi) is 4.97. The second-order valence-electron chi connectivity index (χ2n) is 3.13. The van der Waals surface area contributed by atoms with E-state index in [1.807, 2.05) is 0 Å². The largest absolute Gasteiger partial charge is 0.384 e. The zero-order chi connectivity index (χ0) is 13.1. The Hall–Kier alpha value is -0.590. The molecule has 17 heavy (non-hydrogen) atoms. The van der Waals surface area contributed by atoms with Crippen LogP contribution in [-0.2, 0) is 11.3 Å². The Balaban J connectivity index is 2.89. The van der Waals surface area contributed by atoms with Crippen LogP contribution < -0.4 is 0 Å². The van der Waals surface area contributed by atoms with Crippen molar-refractivity contribution < 1.29 is 22.7 Å². The van der Waals surface area contributed by atoms with Crippen molar-refractivity contribution in [2.45, 2.75) is 12.7 Å². The molecule has 1 aromatic rings. The van der Waals surface area contributed by atoms with Gasteiger partial charge in [0.15, 0.2) is 6.67 Å². The highest BCUT2D eigenvalue weighted by atomic mass is 79.9. The van der Waals surface area contributed by atoms with E-state index in [1.54, 1.807) is 0 Å². The molecule has 0 radical (unpaired) electrons. The summed E-state index contributed by atoms with van der Waals surface area (Å²) in [5.41, 5.74) is 0.206. The number of ether oxygens (including phenoxy) is 1. The molecule has 0 atom stereocenters. The quantitative estimate of drug-likeness (QED) is 0.765. The van der Waals surface area contributed by atoms with Crippen LogP contribution in [0.2, 0.25) is 0 Å². The lowest BCUT2D eigenvalue weighted by Crippen LogP contribution is -2.23. The van der Waals surface area contributed by atoms with Gasteiger partial charge in [0, 0.05) is 10.0 Å². The van der Waals surface area contributed by atoms with Crippen LogP contribution >= 0.6 is 27.5 Å². The summed E-state index contributed by atoms with van der Waals surface area (Å²) in [5.74, 6) is 0. The number of hydrogen-bond acceptors (Lipinski definition) is 2. The number of hydrogen-bond donors (Lipinski definition) is 0. The molecule has 0 spiro atoms. The first-order chi connectivity index (χ1) is 7.85. The Labute approximate surface area is 109 Å². The number of halogens is 5. The molecule has 0 aromatic heterocycles. The molecule has 0 unspecified atom stereocenters. The topological polar surface area (TPSA) is 26.3 Å². The van der Waals surface area contributed by atoms with Crippen molar-refractivity contribution in [3.63, 3.8) is 0 Å². The molecule has 1 rings (SSSR count). The average Bonchev–Trinajstić information content (AvgIpc) is 2.26. The molecule has 0 fully saturated rings. The summed E-state index contributed by atoms with van der Waals surface area (Å²) in [6.45, 7) is -2.53. The molecular weight excluding hydrogens is 324 g/mol. The van der Waals surface area contributed by atoms with Crippen molar-refractivity contribution in [1.82, 2.24) is 0 Å². The van der Waals surface area contributed by atoms with Gasteiger partial charge in [0.05, 0.1) is 6.61 Å².